The monoisotopic (exact) mass is 1050 g/mol. The number of rotatable bonds is 27. The zero-order chi connectivity index (χ0) is 54.4. The van der Waals surface area contributed by atoms with Crippen molar-refractivity contribution in [1.82, 2.24) is 50.8 Å². The molecule has 404 valence electrons. The first-order chi connectivity index (χ1) is 35.1. The Morgan fingerprint density at radius 3 is 1.93 bits per heavy atom. The molecule has 3 heterocycles. The molecule has 1 aromatic heterocycles. The molecule has 4 rings (SSSR count). The number of amides is 6. The van der Waals surface area contributed by atoms with Crippen molar-refractivity contribution in [3.63, 3.8) is 0 Å². The van der Waals surface area contributed by atoms with Crippen LogP contribution in [0.1, 0.15) is 48.9 Å². The van der Waals surface area contributed by atoms with Crippen LogP contribution in [0.3, 0.4) is 0 Å². The molecule has 29 heteroatoms. The van der Waals surface area contributed by atoms with E-state index in [0.717, 1.165) is 4.90 Å². The fraction of sp³-hybridized carbons (Fsp3) is 0.556. The van der Waals surface area contributed by atoms with Gasteiger partial charge in [-0.1, -0.05) is 12.1 Å². The highest BCUT2D eigenvalue weighted by Crippen LogP contribution is 2.32. The van der Waals surface area contributed by atoms with E-state index >= 15 is 0 Å². The number of para-hydroxylation sites is 1. The van der Waals surface area contributed by atoms with Gasteiger partial charge in [-0.2, -0.15) is 5.26 Å². The number of aromatic nitrogens is 1. The number of hydrogen-bond donors (Lipinski definition) is 9. The number of benzene rings is 1. The topological polar surface area (TPSA) is 374 Å². The van der Waals surface area contributed by atoms with Gasteiger partial charge in [0.2, 0.25) is 29.5 Å². The van der Waals surface area contributed by atoms with Crippen LogP contribution in [0, 0.1) is 11.3 Å². The Labute approximate surface area is 422 Å². The van der Waals surface area contributed by atoms with Crippen LogP contribution in [-0.2, 0) is 47.9 Å². The van der Waals surface area contributed by atoms with E-state index in [-0.39, 0.29) is 121 Å². The number of carbonyl (C=O) groups excluding carboxylic acids is 6. The van der Waals surface area contributed by atoms with E-state index in [4.69, 9.17) is 10.00 Å². The van der Waals surface area contributed by atoms with Crippen LogP contribution < -0.4 is 26.6 Å². The average molecular weight is 1050 g/mol. The number of hydrogen-bond acceptors (Lipinski definition) is 17. The molecule has 2 aromatic rings. The number of carboxylic acid groups (broad SMARTS) is 4. The van der Waals surface area contributed by atoms with Crippen LogP contribution >= 0.6 is 0 Å². The van der Waals surface area contributed by atoms with Gasteiger partial charge >= 0.3 is 23.9 Å². The lowest BCUT2D eigenvalue weighted by Crippen LogP contribution is -2.55. The third kappa shape index (κ3) is 20.2. The number of nitrogens with one attached hydrogen (secondary N) is 5. The van der Waals surface area contributed by atoms with E-state index in [9.17, 15) is 77.2 Å². The van der Waals surface area contributed by atoms with Crippen LogP contribution in [0.4, 0.5) is 14.5 Å². The summed E-state index contributed by atoms with van der Waals surface area (Å²) < 4.78 is 33.0. The number of alkyl halides is 2. The molecule has 0 saturated carbocycles. The number of aliphatic carboxylic acids is 4. The van der Waals surface area contributed by atoms with Crippen LogP contribution in [0.15, 0.2) is 30.5 Å². The number of carbonyl (C=O) groups is 10. The summed E-state index contributed by atoms with van der Waals surface area (Å²) in [5.74, 6) is -11.6. The summed E-state index contributed by atoms with van der Waals surface area (Å²) in [6.45, 7) is -3.04. The molecule has 6 amide bonds. The number of nitriles is 1. The van der Waals surface area contributed by atoms with E-state index in [1.54, 1.807) is 18.2 Å². The van der Waals surface area contributed by atoms with Gasteiger partial charge in [-0.15, -0.1) is 0 Å². The van der Waals surface area contributed by atoms with Crippen LogP contribution in [0.5, 0.6) is 0 Å². The van der Waals surface area contributed by atoms with Gasteiger partial charge in [0, 0.05) is 89.5 Å². The first-order valence-corrected chi connectivity index (χ1v) is 23.3. The highest BCUT2D eigenvalue weighted by molar-refractivity contribution is 6.10. The summed E-state index contributed by atoms with van der Waals surface area (Å²) in [4.78, 5) is 134. The Morgan fingerprint density at radius 1 is 0.730 bits per heavy atom. The Morgan fingerprint density at radius 2 is 1.31 bits per heavy atom. The lowest BCUT2D eigenvalue weighted by atomic mass is 10.1. The van der Waals surface area contributed by atoms with E-state index in [1.165, 1.54) is 37.9 Å². The number of anilines is 1. The van der Waals surface area contributed by atoms with Crippen molar-refractivity contribution in [3.8, 4) is 6.07 Å². The molecule has 27 nitrogen and oxygen atoms in total. The second kappa shape index (κ2) is 29.2. The lowest BCUT2D eigenvalue weighted by molar-refractivity contribution is -0.147. The standard InChI is InChI=1S/C45H60F2N12O15/c46-45(47)20-29(21-48)59(26-45)38(64)22-53-43(71)31-8-10-52-42-30(31)2-1-3-32(42)54-37(63)7-6-35(61)49-11-12-50-36(62)9-18-74-19-13-51-34(60)5-4-33(44(72)73)58-17-16-56(24-40(67)68)27-55(23-39(65)66)14-15-57(28-58)25-41(69)70/h1-3,8,10,29,33H,4-7,9,11-20,22-28H2,(H,49,61)(H,50,62)(H,51,60)(H,53,71)(H,54,63)(H,65,66)(H,67,68)(H,69,70)(H,72,73). The summed E-state index contributed by atoms with van der Waals surface area (Å²) in [6, 6.07) is 5.06. The Hall–Kier alpha value is -7.52. The Balaban J connectivity index is 1.10. The van der Waals surface area contributed by atoms with Crippen molar-refractivity contribution in [1.29, 1.82) is 5.26 Å². The molecular formula is C45H60F2N12O15. The molecule has 2 aliphatic rings. The van der Waals surface area contributed by atoms with Crippen molar-refractivity contribution in [2.75, 3.05) is 110 Å². The summed E-state index contributed by atoms with van der Waals surface area (Å²) in [5, 5.41) is 60.7. The van der Waals surface area contributed by atoms with Gasteiger partial charge in [-0.25, -0.2) is 8.78 Å². The highest BCUT2D eigenvalue weighted by Gasteiger charge is 2.47. The molecule has 0 bridgehead atoms. The van der Waals surface area contributed by atoms with Gasteiger partial charge < -0.3 is 56.6 Å². The summed E-state index contributed by atoms with van der Waals surface area (Å²) in [7, 11) is 0. The smallest absolute Gasteiger partial charge is 0.320 e. The van der Waals surface area contributed by atoms with Crippen LogP contribution in [-0.4, -0.2) is 232 Å². The molecule has 2 aliphatic heterocycles. The van der Waals surface area contributed by atoms with Gasteiger partial charge in [-0.05, 0) is 18.6 Å². The van der Waals surface area contributed by atoms with Gasteiger partial charge in [0.15, 0.2) is 0 Å². The highest BCUT2D eigenvalue weighted by atomic mass is 19.3. The molecule has 1 aromatic carbocycles. The van der Waals surface area contributed by atoms with Crippen LogP contribution in [0.2, 0.25) is 0 Å². The van der Waals surface area contributed by atoms with E-state index in [0.29, 0.717) is 5.39 Å². The van der Waals surface area contributed by atoms with Gasteiger partial charge in [0.05, 0.1) is 82.1 Å². The number of likely N-dealkylation sites (tertiary alicyclic amines) is 1. The van der Waals surface area contributed by atoms with Crippen molar-refractivity contribution < 1.29 is 81.9 Å². The molecule has 2 fully saturated rings. The zero-order valence-electron chi connectivity index (χ0n) is 40.3. The molecule has 0 radical (unpaired) electrons. The molecule has 2 unspecified atom stereocenters. The number of nitrogens with zero attached hydrogens (tertiary/aromatic N) is 7. The summed E-state index contributed by atoms with van der Waals surface area (Å²) in [5.41, 5.74) is 0.513. The predicted molar refractivity (Wildman–Crippen MR) is 252 cm³/mol. The minimum atomic E-state index is -3.22. The van der Waals surface area contributed by atoms with Gasteiger partial charge in [-0.3, -0.25) is 72.5 Å². The minimum absolute atomic E-state index is 0.00133. The molecule has 9 N–H and O–H groups in total. The number of fused-ring (bicyclic) bond motifs is 1. The van der Waals surface area contributed by atoms with Crippen molar-refractivity contribution in [2.45, 2.75) is 56.5 Å². The van der Waals surface area contributed by atoms with Crippen molar-refractivity contribution in [3.05, 3.63) is 36.0 Å². The van der Waals surface area contributed by atoms with Gasteiger partial charge in [0.25, 0.3) is 11.8 Å². The lowest BCUT2D eigenvalue weighted by Gasteiger charge is -2.38. The zero-order valence-corrected chi connectivity index (χ0v) is 40.3. The molecular weight excluding hydrogens is 987 g/mol. The maximum atomic E-state index is 13.8. The molecule has 2 atom stereocenters. The molecule has 74 heavy (non-hydrogen) atoms. The maximum Gasteiger partial charge on any atom is 0.320 e. The maximum absolute atomic E-state index is 13.8. The summed E-state index contributed by atoms with van der Waals surface area (Å²) in [6.07, 6.45) is -0.424. The second-order valence-electron chi connectivity index (χ2n) is 17.3. The van der Waals surface area contributed by atoms with E-state index < -0.39 is 116 Å². The molecule has 0 spiro atoms. The third-order valence-electron chi connectivity index (χ3n) is 11.5. The SMILES string of the molecule is N#CC1CC(F)(F)CN1C(=O)CNC(=O)c1ccnc2c(NC(=O)CCC(=O)NCCNC(=O)CCOCCNC(=O)CCC(C(=O)O)N3CCN(CC(=O)O)CN(CC(=O)O)CCN(CC(=O)O)C3)cccc12. The Bertz CT molecular complexity index is 2410. The normalized spacial score (nSPS) is 17.0. The average Bonchev–Trinajstić information content (AvgIpc) is 3.66. The van der Waals surface area contributed by atoms with Gasteiger partial charge in [0.1, 0.15) is 12.1 Å². The van der Waals surface area contributed by atoms with Crippen molar-refractivity contribution >= 4 is 75.9 Å². The summed E-state index contributed by atoms with van der Waals surface area (Å²) >= 11 is 0. The predicted octanol–water partition coefficient (Wildman–Crippen LogP) is -2.18. The van der Waals surface area contributed by atoms with Crippen molar-refractivity contribution in [2.24, 2.45) is 0 Å². The number of carboxylic acids is 4. The fourth-order valence-corrected chi connectivity index (χ4v) is 7.98. The molecule has 0 aliphatic carbocycles. The van der Waals surface area contributed by atoms with E-state index in [1.807, 2.05) is 0 Å². The fourth-order valence-electron chi connectivity index (χ4n) is 7.98. The Kier molecular flexibility index (Phi) is 23.3. The largest absolute Gasteiger partial charge is 0.480 e. The third-order valence-corrected chi connectivity index (χ3v) is 11.5. The quantitative estimate of drug-likeness (QED) is 0.0430. The first kappa shape index (κ1) is 59.0. The van der Waals surface area contributed by atoms with Crippen LogP contribution in [0.25, 0.3) is 10.9 Å². The van der Waals surface area contributed by atoms with E-state index in [2.05, 4.69) is 31.6 Å². The number of ether oxygens (including phenoxy) is 1. The first-order valence-electron chi connectivity index (χ1n) is 23.3. The molecule has 2 saturated heterocycles. The number of pyridine rings is 1. The minimum Gasteiger partial charge on any atom is -0.480 e. The second-order valence-corrected chi connectivity index (χ2v) is 17.3. The number of halogens is 2.